The smallest absolute Gasteiger partial charge is 0.140 e. The third kappa shape index (κ3) is 2.61. The highest BCUT2D eigenvalue weighted by Gasteiger charge is 2.35. The fourth-order valence-electron chi connectivity index (χ4n) is 3.22. The molecule has 0 radical (unpaired) electrons. The molecule has 1 N–H and O–H groups in total. The van der Waals surface area contributed by atoms with Crippen molar-refractivity contribution >= 4 is 15.9 Å². The van der Waals surface area contributed by atoms with Crippen LogP contribution in [0.2, 0.25) is 0 Å². The minimum Gasteiger partial charge on any atom is -0.495 e. The van der Waals surface area contributed by atoms with Crippen LogP contribution in [0, 0.1) is 5.92 Å². The van der Waals surface area contributed by atoms with Crippen LogP contribution in [-0.2, 0) is 0 Å². The molecule has 0 saturated heterocycles. The average Bonchev–Trinajstić information content (AvgIpc) is 2.79. The molecule has 0 amide bonds. The first-order valence-corrected chi connectivity index (χ1v) is 7.51. The molecular weight excluding hydrogens is 306 g/mol. The van der Waals surface area contributed by atoms with Crippen molar-refractivity contribution in [3.63, 3.8) is 0 Å². The van der Waals surface area contributed by atoms with Gasteiger partial charge in [-0.25, -0.2) is 0 Å². The molecule has 2 rings (SSSR count). The number of hydrogen-bond donors (Lipinski definition) is 1. The van der Waals surface area contributed by atoms with Crippen molar-refractivity contribution in [1.82, 2.24) is 5.32 Å². The summed E-state index contributed by atoms with van der Waals surface area (Å²) in [7, 11) is 5.44. The Morgan fingerprint density at radius 3 is 2.47 bits per heavy atom. The van der Waals surface area contributed by atoms with E-state index < -0.39 is 0 Å². The van der Waals surface area contributed by atoms with Gasteiger partial charge < -0.3 is 14.8 Å². The highest BCUT2D eigenvalue weighted by Crippen LogP contribution is 2.47. The van der Waals surface area contributed by atoms with E-state index in [4.69, 9.17) is 9.47 Å². The summed E-state index contributed by atoms with van der Waals surface area (Å²) >= 11 is 3.59. The Hall–Kier alpha value is -0.740. The maximum atomic E-state index is 5.60. The standard InChI is InChI=1S/C15H22BrNO2/c1-9-10(5-7-12(9)17-2)11-6-8-13(18-3)14(16)15(11)19-4/h6,8-10,12,17H,5,7H2,1-4H3. The SMILES string of the molecule is CNC1CCC(c2ccc(OC)c(Br)c2OC)C1C. The van der Waals surface area contributed by atoms with Crippen molar-refractivity contribution in [3.8, 4) is 11.5 Å². The summed E-state index contributed by atoms with van der Waals surface area (Å²) in [6.45, 7) is 2.32. The summed E-state index contributed by atoms with van der Waals surface area (Å²) in [4.78, 5) is 0. The minimum atomic E-state index is 0.537. The molecular formula is C15H22BrNO2. The molecule has 0 aromatic heterocycles. The lowest BCUT2D eigenvalue weighted by molar-refractivity contribution is 0.373. The van der Waals surface area contributed by atoms with Gasteiger partial charge in [0.15, 0.2) is 0 Å². The van der Waals surface area contributed by atoms with Crippen molar-refractivity contribution < 1.29 is 9.47 Å². The van der Waals surface area contributed by atoms with E-state index in [0.717, 1.165) is 16.0 Å². The van der Waals surface area contributed by atoms with Crippen molar-refractivity contribution in [1.29, 1.82) is 0 Å². The van der Waals surface area contributed by atoms with Gasteiger partial charge in [0.2, 0.25) is 0 Å². The zero-order chi connectivity index (χ0) is 14.0. The fraction of sp³-hybridized carbons (Fsp3) is 0.600. The Kier molecular flexibility index (Phi) is 4.74. The number of hydrogen-bond acceptors (Lipinski definition) is 3. The zero-order valence-corrected chi connectivity index (χ0v) is 13.6. The normalized spacial score (nSPS) is 26.5. The van der Waals surface area contributed by atoms with Gasteiger partial charge in [0.25, 0.3) is 0 Å². The molecule has 3 unspecified atom stereocenters. The van der Waals surface area contributed by atoms with Crippen molar-refractivity contribution in [2.45, 2.75) is 31.7 Å². The van der Waals surface area contributed by atoms with Crippen LogP contribution in [0.25, 0.3) is 0 Å². The third-order valence-electron chi connectivity index (χ3n) is 4.34. The van der Waals surface area contributed by atoms with Gasteiger partial charge in [-0.15, -0.1) is 0 Å². The second-order valence-corrected chi connectivity index (χ2v) is 5.94. The first-order chi connectivity index (χ1) is 9.13. The molecule has 1 fully saturated rings. The van der Waals surface area contributed by atoms with Crippen LogP contribution >= 0.6 is 15.9 Å². The van der Waals surface area contributed by atoms with Crippen LogP contribution in [0.3, 0.4) is 0 Å². The number of ether oxygens (including phenoxy) is 2. The first kappa shape index (κ1) is 14.7. The van der Waals surface area contributed by atoms with Gasteiger partial charge in [0.1, 0.15) is 16.0 Å². The second kappa shape index (κ2) is 6.14. The molecule has 0 heterocycles. The number of methoxy groups -OCH3 is 2. The number of nitrogens with one attached hydrogen (secondary N) is 1. The Morgan fingerprint density at radius 1 is 1.21 bits per heavy atom. The Balaban J connectivity index is 2.38. The van der Waals surface area contributed by atoms with E-state index in [1.54, 1.807) is 14.2 Å². The van der Waals surface area contributed by atoms with E-state index in [9.17, 15) is 0 Å². The third-order valence-corrected chi connectivity index (χ3v) is 5.10. The summed E-state index contributed by atoms with van der Waals surface area (Å²) in [5, 5.41) is 3.41. The molecule has 1 aromatic rings. The zero-order valence-electron chi connectivity index (χ0n) is 12.0. The lowest BCUT2D eigenvalue weighted by Crippen LogP contribution is -2.28. The molecule has 1 aromatic carbocycles. The Labute approximate surface area is 123 Å². The molecule has 0 spiro atoms. The van der Waals surface area contributed by atoms with E-state index in [-0.39, 0.29) is 0 Å². The van der Waals surface area contributed by atoms with Crippen LogP contribution in [0.15, 0.2) is 16.6 Å². The monoisotopic (exact) mass is 327 g/mol. The molecule has 3 nitrogen and oxygen atoms in total. The minimum absolute atomic E-state index is 0.537. The maximum Gasteiger partial charge on any atom is 0.140 e. The highest BCUT2D eigenvalue weighted by molar-refractivity contribution is 9.10. The van der Waals surface area contributed by atoms with E-state index in [2.05, 4.69) is 34.2 Å². The molecule has 1 aliphatic carbocycles. The fourth-order valence-corrected chi connectivity index (χ4v) is 3.91. The van der Waals surface area contributed by atoms with Crippen molar-refractivity contribution in [2.75, 3.05) is 21.3 Å². The lowest BCUT2D eigenvalue weighted by atomic mass is 9.88. The van der Waals surface area contributed by atoms with Crippen LogP contribution < -0.4 is 14.8 Å². The predicted molar refractivity (Wildman–Crippen MR) is 81.2 cm³/mol. The molecule has 3 atom stereocenters. The number of halogens is 1. The molecule has 0 bridgehead atoms. The van der Waals surface area contributed by atoms with Crippen LogP contribution in [0.1, 0.15) is 31.2 Å². The summed E-state index contributed by atoms with van der Waals surface area (Å²) in [5.41, 5.74) is 1.28. The number of benzene rings is 1. The molecule has 1 aliphatic rings. The first-order valence-electron chi connectivity index (χ1n) is 6.71. The second-order valence-electron chi connectivity index (χ2n) is 5.14. The molecule has 1 saturated carbocycles. The van der Waals surface area contributed by atoms with Gasteiger partial charge in [-0.2, -0.15) is 0 Å². The summed E-state index contributed by atoms with van der Waals surface area (Å²) < 4.78 is 11.8. The van der Waals surface area contributed by atoms with Gasteiger partial charge in [0, 0.05) is 6.04 Å². The van der Waals surface area contributed by atoms with E-state index >= 15 is 0 Å². The Bertz CT molecular complexity index is 450. The predicted octanol–water partition coefficient (Wildman–Crippen LogP) is 3.57. The lowest BCUT2D eigenvalue weighted by Gasteiger charge is -2.23. The molecule has 4 heteroatoms. The highest BCUT2D eigenvalue weighted by atomic mass is 79.9. The van der Waals surface area contributed by atoms with Crippen LogP contribution in [-0.4, -0.2) is 27.3 Å². The summed E-state index contributed by atoms with van der Waals surface area (Å²) in [6, 6.07) is 4.75. The van der Waals surface area contributed by atoms with E-state index in [1.807, 2.05) is 13.1 Å². The molecule has 0 aliphatic heterocycles. The summed E-state index contributed by atoms with van der Waals surface area (Å²) in [6.07, 6.45) is 2.41. The van der Waals surface area contributed by atoms with E-state index in [0.29, 0.717) is 17.9 Å². The average molecular weight is 328 g/mol. The Morgan fingerprint density at radius 2 is 1.95 bits per heavy atom. The van der Waals surface area contributed by atoms with Gasteiger partial charge in [0.05, 0.1) is 14.2 Å². The van der Waals surface area contributed by atoms with Gasteiger partial charge in [-0.3, -0.25) is 0 Å². The molecule has 106 valence electrons. The molecule has 19 heavy (non-hydrogen) atoms. The largest absolute Gasteiger partial charge is 0.495 e. The summed E-state index contributed by atoms with van der Waals surface area (Å²) in [5.74, 6) is 2.87. The van der Waals surface area contributed by atoms with Crippen LogP contribution in [0.4, 0.5) is 0 Å². The maximum absolute atomic E-state index is 5.60. The van der Waals surface area contributed by atoms with Crippen LogP contribution in [0.5, 0.6) is 11.5 Å². The number of rotatable bonds is 4. The van der Waals surface area contributed by atoms with Gasteiger partial charge >= 0.3 is 0 Å². The topological polar surface area (TPSA) is 30.5 Å². The van der Waals surface area contributed by atoms with Gasteiger partial charge in [-0.1, -0.05) is 13.0 Å². The van der Waals surface area contributed by atoms with E-state index in [1.165, 1.54) is 18.4 Å². The van der Waals surface area contributed by atoms with Crippen molar-refractivity contribution in [3.05, 3.63) is 22.2 Å². The van der Waals surface area contributed by atoms with Crippen molar-refractivity contribution in [2.24, 2.45) is 5.92 Å². The van der Waals surface area contributed by atoms with Gasteiger partial charge in [-0.05, 0) is 59.3 Å². The quantitative estimate of drug-likeness (QED) is 0.917.